The second kappa shape index (κ2) is 40.4. The first-order valence-electron chi connectivity index (χ1n) is 34.8. The second-order valence-corrected chi connectivity index (χ2v) is 27.3. The summed E-state index contributed by atoms with van der Waals surface area (Å²) < 4.78 is 51.8. The molecule has 0 unspecified atom stereocenters. The quantitative estimate of drug-likeness (QED) is 0.0261. The Bertz CT molecular complexity index is 3300. The topological polar surface area (TPSA) is 374 Å². The Balaban J connectivity index is 1.28. The molecule has 0 saturated carbocycles. The molecule has 3 aliphatic heterocycles. The number of ketones is 2. The Kier molecular flexibility index (Phi) is 33.3. The fourth-order valence-corrected chi connectivity index (χ4v) is 13.6. The highest BCUT2D eigenvalue weighted by atomic mass is 16.8. The van der Waals surface area contributed by atoms with Gasteiger partial charge in [0.2, 0.25) is 42.3 Å². The molecule has 2 aromatic carbocycles. The van der Waals surface area contributed by atoms with Crippen molar-refractivity contribution in [3.8, 4) is 5.75 Å². The Morgan fingerprint density at radius 1 is 0.718 bits per heavy atom. The number of carbonyl (C=O) groups is 13. The molecule has 2 aromatic rings. The first-order valence-corrected chi connectivity index (χ1v) is 34.8. The predicted molar refractivity (Wildman–Crippen MR) is 370 cm³/mol. The van der Waals surface area contributed by atoms with E-state index in [9.17, 15) is 67.4 Å². The van der Waals surface area contributed by atoms with Crippen molar-refractivity contribution in [1.82, 2.24) is 30.2 Å². The van der Waals surface area contributed by atoms with Crippen LogP contribution in [0.15, 0.2) is 60.7 Å². The van der Waals surface area contributed by atoms with E-state index in [0.29, 0.717) is 31.4 Å². The smallest absolute Gasteiger partial charge is 0.409 e. The van der Waals surface area contributed by atoms with Crippen LogP contribution >= 0.6 is 0 Å². The summed E-state index contributed by atoms with van der Waals surface area (Å²) in [5, 5.41) is 18.2. The number of esters is 3. The van der Waals surface area contributed by atoms with Crippen LogP contribution < -0.4 is 20.7 Å². The monoisotopic (exact) mass is 1450 g/mol. The largest absolute Gasteiger partial charge is 0.481 e. The number of methoxy groups -OCH3 is 2. The molecule has 30 nitrogen and oxygen atoms in total. The standard InChI is InChI=1S/C73H105N7O23/c1-17-42(6)64(78(14)69(91)50(40(2)3)36-54(85)63(41(4)5)77(12)13)56(95-15)37-61(90)79-32-21-24-52(79)66(96-16)44(8)53(84)34-43(7)65(49-22-19-18-20-23-49)98-39-75-73(94)97-38-48-25-26-55(51(35-48)76-58(87)29-31-74-57(86)30-33-80-59(88)27-28-60(80)89)102-71-62(70(92)93)67(99-45(9)81)68(100-46(10)82)72(103-71)101-47(11)83/h18-20,22-23,25-28,35,40-44,50,52,56,62-68,71-72H,17,21,24,29-34,36-39H2,1-16H3,(H,74,86)(H,75,94)(H,76,87)(H,92,93)/t42-,43-,44-,50-,52-,56+,62+,63-,64-,65+,66+,67-,68+,71-,72+/m0/s1. The predicted octanol–water partition coefficient (Wildman–Crippen LogP) is 5.91. The van der Waals surface area contributed by atoms with Gasteiger partial charge in [0.1, 0.15) is 24.9 Å². The van der Waals surface area contributed by atoms with E-state index in [1.807, 2.05) is 85.7 Å². The van der Waals surface area contributed by atoms with E-state index in [1.54, 1.807) is 35.9 Å². The van der Waals surface area contributed by atoms with Crippen LogP contribution in [0.4, 0.5) is 10.5 Å². The lowest BCUT2D eigenvalue weighted by Crippen LogP contribution is -2.61. The van der Waals surface area contributed by atoms with Gasteiger partial charge in [0.15, 0.2) is 17.8 Å². The normalized spacial score (nSPS) is 20.7. The minimum absolute atomic E-state index is 0.000659. The van der Waals surface area contributed by atoms with Crippen LogP contribution in [-0.4, -0.2) is 219 Å². The Morgan fingerprint density at radius 3 is 1.93 bits per heavy atom. The number of ether oxygens (including phenoxy) is 9. The zero-order chi connectivity index (χ0) is 76.7. The summed E-state index contributed by atoms with van der Waals surface area (Å²) >= 11 is 0. The number of aliphatic carboxylic acids is 1. The highest BCUT2D eigenvalue weighted by Gasteiger charge is 2.56. The van der Waals surface area contributed by atoms with Crippen LogP contribution in [0.25, 0.3) is 0 Å². The van der Waals surface area contributed by atoms with Gasteiger partial charge in [0, 0.05) is 111 Å². The van der Waals surface area contributed by atoms with Crippen LogP contribution in [0, 0.1) is 41.4 Å². The van der Waals surface area contributed by atoms with Crippen molar-refractivity contribution < 1.29 is 110 Å². The maximum Gasteiger partial charge on any atom is 0.409 e. The number of nitrogens with one attached hydrogen (secondary N) is 3. The number of imide groups is 1. The van der Waals surface area contributed by atoms with Gasteiger partial charge in [0.25, 0.3) is 11.8 Å². The van der Waals surface area contributed by atoms with Gasteiger partial charge in [-0.05, 0) is 73.9 Å². The molecule has 570 valence electrons. The molecule has 15 atom stereocenters. The zero-order valence-corrected chi connectivity index (χ0v) is 62.0. The summed E-state index contributed by atoms with van der Waals surface area (Å²) in [7, 11) is 8.51. The van der Waals surface area contributed by atoms with E-state index < -0.39 is 146 Å². The number of likely N-dealkylation sites (tertiary alicyclic amines) is 1. The van der Waals surface area contributed by atoms with Gasteiger partial charge in [-0.2, -0.15) is 0 Å². The third kappa shape index (κ3) is 24.2. The van der Waals surface area contributed by atoms with Gasteiger partial charge in [-0.15, -0.1) is 0 Å². The van der Waals surface area contributed by atoms with Crippen LogP contribution in [0.5, 0.6) is 5.75 Å². The van der Waals surface area contributed by atoms with Crippen molar-refractivity contribution in [2.75, 3.05) is 67.0 Å². The summed E-state index contributed by atoms with van der Waals surface area (Å²) in [6.07, 6.45) is -7.26. The number of anilines is 1. The number of likely N-dealkylation sites (N-methyl/N-ethyl adjacent to an activating group) is 2. The van der Waals surface area contributed by atoms with Gasteiger partial charge in [-0.1, -0.05) is 98.2 Å². The van der Waals surface area contributed by atoms with Crippen LogP contribution in [-0.2, 0) is 102 Å². The Morgan fingerprint density at radius 2 is 1.36 bits per heavy atom. The number of carboxylic acids is 1. The first kappa shape index (κ1) is 84.9. The van der Waals surface area contributed by atoms with Crippen molar-refractivity contribution in [1.29, 1.82) is 0 Å². The van der Waals surface area contributed by atoms with Gasteiger partial charge < -0.3 is 63.4 Å². The first-order chi connectivity index (χ1) is 48.6. The van der Waals surface area contributed by atoms with Crippen molar-refractivity contribution in [2.24, 2.45) is 41.4 Å². The molecule has 5 rings (SSSR count). The maximum atomic E-state index is 14.7. The third-order valence-corrected chi connectivity index (χ3v) is 18.8. The van der Waals surface area contributed by atoms with E-state index in [4.69, 9.17) is 42.6 Å². The fraction of sp³-hybridized carbons (Fsp3) is 0.630. The number of benzene rings is 2. The summed E-state index contributed by atoms with van der Waals surface area (Å²) in [6, 6.07) is 11.6. The summed E-state index contributed by atoms with van der Waals surface area (Å²) in [4.78, 5) is 177. The van der Waals surface area contributed by atoms with Crippen molar-refractivity contribution in [2.45, 2.75) is 195 Å². The molecule has 4 N–H and O–H groups in total. The van der Waals surface area contributed by atoms with Gasteiger partial charge in [0.05, 0.1) is 48.5 Å². The number of carbonyl (C=O) groups excluding carboxylic acids is 12. The minimum atomic E-state index is -2.00. The molecule has 30 heteroatoms. The lowest BCUT2D eigenvalue weighted by Gasteiger charge is -2.42. The number of rotatable bonds is 40. The van der Waals surface area contributed by atoms with Gasteiger partial charge >= 0.3 is 30.0 Å². The Hall–Kier alpha value is -8.71. The molecule has 3 aliphatic rings. The van der Waals surface area contributed by atoms with Crippen LogP contribution in [0.2, 0.25) is 0 Å². The van der Waals surface area contributed by atoms with E-state index in [1.165, 1.54) is 32.4 Å². The van der Waals surface area contributed by atoms with Crippen LogP contribution in [0.1, 0.15) is 145 Å². The van der Waals surface area contributed by atoms with Crippen molar-refractivity contribution in [3.05, 3.63) is 71.8 Å². The maximum absolute atomic E-state index is 14.7. The van der Waals surface area contributed by atoms with E-state index in [0.717, 1.165) is 37.8 Å². The van der Waals surface area contributed by atoms with E-state index in [-0.39, 0.29) is 109 Å². The molecule has 0 radical (unpaired) electrons. The molecule has 0 aliphatic carbocycles. The molecule has 0 aromatic heterocycles. The van der Waals surface area contributed by atoms with Crippen molar-refractivity contribution >= 4 is 82.7 Å². The Labute approximate surface area is 602 Å². The SMILES string of the molecule is CC[C@H](C)[C@@H]([C@@H](CC(=O)N1CCC[C@H]1[C@H](OC)[C@@H](C)C(=O)C[C@H](C)[C@@H](OCNC(=O)OCc1ccc(O[C@H]2O[C@@H](OC(C)=O)[C@H](OC(C)=O)[C@@H](OC(C)=O)[C@@H]2C(=O)O)c(NC(=O)CCNC(=O)CCN2C(=O)C=CC2=O)c1)c1ccccc1)OC)N(C)C(=O)[C@@H](CC(=O)[C@H](C(C)C)N(C)C)C(C)C. The highest BCUT2D eigenvalue weighted by Crippen LogP contribution is 2.38. The van der Waals surface area contributed by atoms with Gasteiger partial charge in [-0.3, -0.25) is 77.4 Å². The number of Topliss-reactive ketones (excluding diaryl/α,β-unsaturated/α-hetero) is 2. The van der Waals surface area contributed by atoms with E-state index >= 15 is 0 Å². The molecule has 0 bridgehead atoms. The fourth-order valence-electron chi connectivity index (χ4n) is 13.6. The number of hydrogen-bond donors (Lipinski definition) is 4. The molecule has 0 spiro atoms. The summed E-state index contributed by atoms with van der Waals surface area (Å²) in [5.74, 6) is -12.0. The average Bonchev–Trinajstić information content (AvgIpc) is 1.31. The summed E-state index contributed by atoms with van der Waals surface area (Å²) in [6.45, 7) is 17.5. The summed E-state index contributed by atoms with van der Waals surface area (Å²) in [5.41, 5.74) is 0.730. The number of hydrogen-bond acceptors (Lipinski definition) is 23. The lowest BCUT2D eigenvalue weighted by molar-refractivity contribution is -0.313. The zero-order valence-electron chi connectivity index (χ0n) is 62.0. The van der Waals surface area contributed by atoms with Crippen LogP contribution in [0.3, 0.4) is 0 Å². The lowest BCUT2D eigenvalue weighted by atomic mass is 9.83. The number of amides is 7. The molecular weight excluding hydrogens is 1340 g/mol. The molecular formula is C73H105N7O23. The third-order valence-electron chi connectivity index (χ3n) is 18.8. The molecule has 2 fully saturated rings. The second-order valence-electron chi connectivity index (χ2n) is 27.3. The van der Waals surface area contributed by atoms with Gasteiger partial charge in [-0.25, -0.2) is 4.79 Å². The number of carboxylic acid groups (broad SMARTS) is 1. The van der Waals surface area contributed by atoms with Crippen molar-refractivity contribution in [3.63, 3.8) is 0 Å². The van der Waals surface area contributed by atoms with E-state index in [2.05, 4.69) is 16.0 Å². The average molecular weight is 1450 g/mol. The number of alkyl carbamates (subject to hydrolysis) is 1. The molecule has 7 amide bonds. The molecule has 103 heavy (non-hydrogen) atoms. The highest BCUT2D eigenvalue weighted by molar-refractivity contribution is 6.13. The molecule has 2 saturated heterocycles. The minimum Gasteiger partial charge on any atom is -0.481 e. The number of nitrogens with zero attached hydrogens (tertiary/aromatic N) is 4. The molecule has 3 heterocycles.